The number of amides is 1. The molecule has 8 heteroatoms. The summed E-state index contributed by atoms with van der Waals surface area (Å²) in [6.07, 6.45) is -0.343. The Morgan fingerprint density at radius 1 is 1.39 bits per heavy atom. The number of sulfonamides is 1. The van der Waals surface area contributed by atoms with Crippen molar-refractivity contribution in [2.45, 2.75) is 26.9 Å². The first-order valence-electron chi connectivity index (χ1n) is 7.52. The molecule has 1 aliphatic rings. The zero-order valence-electron chi connectivity index (χ0n) is 13.5. The molecule has 0 N–H and O–H groups in total. The predicted molar refractivity (Wildman–Crippen MR) is 85.6 cm³/mol. The van der Waals surface area contributed by atoms with Crippen LogP contribution in [0.5, 0.6) is 5.75 Å². The van der Waals surface area contributed by atoms with Crippen LogP contribution < -0.4 is 9.64 Å². The molecule has 23 heavy (non-hydrogen) atoms. The third kappa shape index (κ3) is 3.81. The lowest BCUT2D eigenvalue weighted by atomic mass is 10.2. The normalized spacial score (nSPS) is 17.8. The molecular weight excluding hydrogens is 323 g/mol. The molecule has 0 radical (unpaired) electrons. The Hall–Kier alpha value is -1.67. The fraction of sp³-hybridized carbons (Fsp3) is 0.533. The summed E-state index contributed by atoms with van der Waals surface area (Å²) >= 11 is 0. The lowest BCUT2D eigenvalue weighted by Crippen LogP contribution is -2.46. The van der Waals surface area contributed by atoms with Gasteiger partial charge in [0.25, 0.3) is 0 Å². The number of rotatable bonds is 5. The number of hydrogen-bond acceptors (Lipinski definition) is 4. The van der Waals surface area contributed by atoms with Crippen molar-refractivity contribution >= 4 is 21.6 Å². The van der Waals surface area contributed by atoms with Gasteiger partial charge in [0.15, 0.2) is 0 Å². The number of benzene rings is 1. The molecule has 1 heterocycles. The van der Waals surface area contributed by atoms with Gasteiger partial charge in [0.05, 0.1) is 12.2 Å². The summed E-state index contributed by atoms with van der Waals surface area (Å²) in [7, 11) is -3.67. The lowest BCUT2D eigenvalue weighted by molar-refractivity contribution is -0.116. The largest absolute Gasteiger partial charge is 0.487 e. The summed E-state index contributed by atoms with van der Waals surface area (Å²) in [5.41, 5.74) is 0.393. The number of fused-ring (bicyclic) bond motifs is 1. The first kappa shape index (κ1) is 17.7. The van der Waals surface area contributed by atoms with Gasteiger partial charge in [0.2, 0.25) is 15.9 Å². The van der Waals surface area contributed by atoms with E-state index >= 15 is 0 Å². The molecule has 0 bridgehead atoms. The van der Waals surface area contributed by atoms with Crippen molar-refractivity contribution in [3.8, 4) is 5.75 Å². The zero-order chi connectivity index (χ0) is 17.2. The first-order valence-corrected chi connectivity index (χ1v) is 9.13. The van der Waals surface area contributed by atoms with Crippen molar-refractivity contribution in [1.29, 1.82) is 0 Å². The SMILES string of the molecule is CCN(CC)S(=O)(=O)CC(=O)N1C[C@@H](C)Oc2cc(F)ccc21. The summed E-state index contributed by atoms with van der Waals surface area (Å²) in [5.74, 6) is -1.38. The van der Waals surface area contributed by atoms with E-state index in [1.54, 1.807) is 20.8 Å². The highest BCUT2D eigenvalue weighted by molar-refractivity contribution is 7.89. The van der Waals surface area contributed by atoms with Crippen LogP contribution in [0.15, 0.2) is 18.2 Å². The molecule has 0 saturated carbocycles. The van der Waals surface area contributed by atoms with Crippen molar-refractivity contribution in [3.63, 3.8) is 0 Å². The van der Waals surface area contributed by atoms with Crippen LogP contribution in [0.4, 0.5) is 10.1 Å². The number of hydrogen-bond donors (Lipinski definition) is 0. The fourth-order valence-electron chi connectivity index (χ4n) is 2.59. The molecule has 0 saturated heterocycles. The van der Waals surface area contributed by atoms with Gasteiger partial charge in [0, 0.05) is 19.2 Å². The van der Waals surface area contributed by atoms with E-state index < -0.39 is 27.5 Å². The Morgan fingerprint density at radius 3 is 2.65 bits per heavy atom. The first-order chi connectivity index (χ1) is 10.8. The van der Waals surface area contributed by atoms with E-state index in [0.717, 1.165) is 0 Å². The van der Waals surface area contributed by atoms with E-state index in [1.807, 2.05) is 0 Å². The second-order valence-electron chi connectivity index (χ2n) is 5.39. The van der Waals surface area contributed by atoms with Crippen LogP contribution in [-0.2, 0) is 14.8 Å². The van der Waals surface area contributed by atoms with Gasteiger partial charge in [0.1, 0.15) is 23.4 Å². The van der Waals surface area contributed by atoms with Gasteiger partial charge in [-0.3, -0.25) is 4.79 Å². The smallest absolute Gasteiger partial charge is 0.243 e. The fourth-order valence-corrected chi connectivity index (χ4v) is 4.03. The van der Waals surface area contributed by atoms with Crippen LogP contribution >= 0.6 is 0 Å². The van der Waals surface area contributed by atoms with Gasteiger partial charge >= 0.3 is 0 Å². The van der Waals surface area contributed by atoms with Gasteiger partial charge in [-0.1, -0.05) is 13.8 Å². The number of nitrogens with zero attached hydrogens (tertiary/aromatic N) is 2. The van der Waals surface area contributed by atoms with Crippen LogP contribution in [-0.4, -0.2) is 50.1 Å². The highest BCUT2D eigenvalue weighted by Gasteiger charge is 2.32. The molecule has 128 valence electrons. The third-order valence-corrected chi connectivity index (χ3v) is 5.60. The van der Waals surface area contributed by atoms with Crippen molar-refractivity contribution in [3.05, 3.63) is 24.0 Å². The van der Waals surface area contributed by atoms with Gasteiger partial charge in [-0.2, -0.15) is 0 Å². The Labute approximate surface area is 135 Å². The molecule has 0 unspecified atom stereocenters. The lowest BCUT2D eigenvalue weighted by Gasteiger charge is -2.33. The summed E-state index contributed by atoms with van der Waals surface area (Å²) in [5, 5.41) is 0. The Bertz CT molecular complexity index is 689. The molecule has 0 spiro atoms. The summed E-state index contributed by atoms with van der Waals surface area (Å²) < 4.78 is 44.7. The van der Waals surface area contributed by atoms with Crippen LogP contribution in [0.1, 0.15) is 20.8 Å². The molecule has 1 aromatic rings. The minimum absolute atomic E-state index is 0.227. The predicted octanol–water partition coefficient (Wildman–Crippen LogP) is 1.61. The van der Waals surface area contributed by atoms with Gasteiger partial charge in [-0.25, -0.2) is 17.1 Å². The van der Waals surface area contributed by atoms with E-state index in [2.05, 4.69) is 0 Å². The molecule has 0 fully saturated rings. The Balaban J connectivity index is 2.27. The van der Waals surface area contributed by atoms with E-state index in [-0.39, 0.29) is 18.4 Å². The molecule has 6 nitrogen and oxygen atoms in total. The van der Waals surface area contributed by atoms with Crippen molar-refractivity contribution in [1.82, 2.24) is 4.31 Å². The maximum absolute atomic E-state index is 13.3. The standard InChI is InChI=1S/C15H21FN2O4S/c1-4-17(5-2)23(20,21)10-15(19)18-9-11(3)22-14-8-12(16)6-7-13(14)18/h6-8,11H,4-5,9-10H2,1-3H3/t11-/m1/s1. The quantitative estimate of drug-likeness (QED) is 0.814. The molecule has 1 atom stereocenters. The van der Waals surface area contributed by atoms with E-state index in [1.165, 1.54) is 27.4 Å². The van der Waals surface area contributed by atoms with Gasteiger partial charge < -0.3 is 9.64 Å². The zero-order valence-corrected chi connectivity index (χ0v) is 14.3. The van der Waals surface area contributed by atoms with Crippen LogP contribution in [0.25, 0.3) is 0 Å². The molecule has 2 rings (SSSR count). The summed E-state index contributed by atoms with van der Waals surface area (Å²) in [6, 6.07) is 3.85. The van der Waals surface area contributed by atoms with Crippen LogP contribution in [0.3, 0.4) is 0 Å². The maximum Gasteiger partial charge on any atom is 0.243 e. The van der Waals surface area contributed by atoms with E-state index in [4.69, 9.17) is 4.74 Å². The van der Waals surface area contributed by atoms with Crippen molar-refractivity contribution in [2.24, 2.45) is 0 Å². The van der Waals surface area contributed by atoms with E-state index in [0.29, 0.717) is 18.8 Å². The van der Waals surface area contributed by atoms with E-state index in [9.17, 15) is 17.6 Å². The topological polar surface area (TPSA) is 66.9 Å². The van der Waals surface area contributed by atoms with Gasteiger partial charge in [-0.15, -0.1) is 0 Å². The number of halogens is 1. The molecular formula is C15H21FN2O4S. The average Bonchev–Trinajstić information content (AvgIpc) is 2.46. The minimum atomic E-state index is -3.67. The number of carbonyl (C=O) groups is 1. The second kappa shape index (κ2) is 6.84. The average molecular weight is 344 g/mol. The minimum Gasteiger partial charge on any atom is -0.487 e. The summed E-state index contributed by atoms with van der Waals surface area (Å²) in [4.78, 5) is 13.9. The highest BCUT2D eigenvalue weighted by atomic mass is 32.2. The monoisotopic (exact) mass is 344 g/mol. The number of ether oxygens (including phenoxy) is 1. The molecule has 1 aliphatic heterocycles. The van der Waals surface area contributed by atoms with Crippen molar-refractivity contribution < 1.29 is 22.3 Å². The Kier molecular flexibility index (Phi) is 5.26. The molecule has 1 aromatic carbocycles. The highest BCUT2D eigenvalue weighted by Crippen LogP contribution is 2.34. The molecule has 1 amide bonds. The van der Waals surface area contributed by atoms with Crippen LogP contribution in [0.2, 0.25) is 0 Å². The number of carbonyl (C=O) groups excluding carboxylic acids is 1. The van der Waals surface area contributed by atoms with Gasteiger partial charge in [-0.05, 0) is 19.1 Å². The maximum atomic E-state index is 13.3. The Morgan fingerprint density at radius 2 is 2.04 bits per heavy atom. The second-order valence-corrected chi connectivity index (χ2v) is 7.35. The molecule has 0 aliphatic carbocycles. The van der Waals surface area contributed by atoms with Crippen molar-refractivity contribution in [2.75, 3.05) is 30.3 Å². The van der Waals surface area contributed by atoms with Crippen LogP contribution in [0, 0.1) is 5.82 Å². The molecule has 0 aromatic heterocycles. The number of anilines is 1. The summed E-state index contributed by atoms with van der Waals surface area (Å²) in [6.45, 7) is 6.04. The third-order valence-electron chi connectivity index (χ3n) is 3.69.